The van der Waals surface area contributed by atoms with Crippen LogP contribution in [0.25, 0.3) is 10.4 Å². The van der Waals surface area contributed by atoms with Crippen LogP contribution in [0.2, 0.25) is 0 Å². The number of benzene rings is 1. The lowest BCUT2D eigenvalue weighted by Crippen LogP contribution is -2.59. The highest BCUT2D eigenvalue weighted by atomic mass is 32.1. The Bertz CT molecular complexity index is 1420. The monoisotopic (exact) mass is 631 g/mol. The van der Waals surface area contributed by atoms with E-state index < -0.39 is 71.5 Å². The van der Waals surface area contributed by atoms with Crippen molar-refractivity contribution < 1.29 is 38.6 Å². The number of thiazole rings is 1. The number of nitrogens with one attached hydrogen (secondary N) is 3. The fourth-order valence-electron chi connectivity index (χ4n) is 5.12. The number of aliphatic hydroxyl groups is 1. The van der Waals surface area contributed by atoms with Crippen LogP contribution < -0.4 is 16.0 Å². The van der Waals surface area contributed by atoms with Gasteiger partial charge in [0.1, 0.15) is 18.6 Å². The highest BCUT2D eigenvalue weighted by Crippen LogP contribution is 2.40. The fraction of sp³-hybridized carbons (Fsp3) is 0.533. The Labute approximate surface area is 258 Å². The summed E-state index contributed by atoms with van der Waals surface area (Å²) in [6.07, 6.45) is -1.26. The van der Waals surface area contributed by atoms with Gasteiger partial charge in [0.15, 0.2) is 5.67 Å². The number of likely N-dealkylation sites (tertiary alicyclic amines) is 1. The Hall–Kier alpha value is -3.91. The standard InChI is InChI=1S/C30H38FN5O7S/c1-16-24(44-15-33-16)18-7-5-17(6-8-18)20(12-22(38)32-13-23(39)40)34-26(41)21-11-19(37)14-36(21)27(42)25(29(2,3)4)35-28(43)30(31)9-10-30/h5-8,15,19-21,25,37H,9-14H2,1-4H3,(H,32,38)(H,34,41)(H,35,43)(H,39,40)/t19-,20?,21+,25-/m1/s1. The van der Waals surface area contributed by atoms with E-state index in [2.05, 4.69) is 20.9 Å². The van der Waals surface area contributed by atoms with E-state index in [9.17, 15) is 33.5 Å². The van der Waals surface area contributed by atoms with E-state index in [1.54, 1.807) is 38.4 Å². The van der Waals surface area contributed by atoms with Crippen molar-refractivity contribution in [3.63, 3.8) is 0 Å². The third kappa shape index (κ3) is 7.78. The minimum atomic E-state index is -2.01. The lowest BCUT2D eigenvalue weighted by Gasteiger charge is -2.36. The van der Waals surface area contributed by atoms with Crippen molar-refractivity contribution in [2.45, 2.75) is 83.3 Å². The van der Waals surface area contributed by atoms with Crippen molar-refractivity contribution in [3.8, 4) is 10.4 Å². The van der Waals surface area contributed by atoms with Gasteiger partial charge in [-0.1, -0.05) is 45.0 Å². The maximum absolute atomic E-state index is 14.5. The van der Waals surface area contributed by atoms with Gasteiger partial charge in [0.25, 0.3) is 5.91 Å². The quantitative estimate of drug-likeness (QED) is 0.250. The smallest absolute Gasteiger partial charge is 0.322 e. The number of aryl methyl sites for hydroxylation is 1. The number of carboxylic acid groups (broad SMARTS) is 1. The van der Waals surface area contributed by atoms with E-state index in [0.717, 1.165) is 16.1 Å². The van der Waals surface area contributed by atoms with Gasteiger partial charge < -0.3 is 31.1 Å². The molecule has 0 radical (unpaired) electrons. The van der Waals surface area contributed by atoms with Gasteiger partial charge >= 0.3 is 5.97 Å². The number of hydrogen-bond donors (Lipinski definition) is 5. The minimum absolute atomic E-state index is 0.0730. The molecule has 0 spiro atoms. The topological polar surface area (TPSA) is 178 Å². The average molecular weight is 632 g/mol. The normalized spacial score (nSPS) is 20.4. The molecule has 1 aromatic heterocycles. The molecule has 2 heterocycles. The number of halogens is 1. The summed E-state index contributed by atoms with van der Waals surface area (Å²) in [6.45, 7) is 6.23. The molecule has 5 N–H and O–H groups in total. The van der Waals surface area contributed by atoms with Crippen molar-refractivity contribution >= 4 is 40.9 Å². The Morgan fingerprint density at radius 1 is 1.14 bits per heavy atom. The second-order valence-electron chi connectivity index (χ2n) is 12.5. The zero-order chi connectivity index (χ0) is 32.4. The van der Waals surface area contributed by atoms with Gasteiger partial charge in [-0.2, -0.15) is 0 Å². The third-order valence-electron chi connectivity index (χ3n) is 7.81. The molecule has 238 valence electrons. The van der Waals surface area contributed by atoms with Gasteiger partial charge in [-0.3, -0.25) is 24.0 Å². The second kappa shape index (κ2) is 13.0. The van der Waals surface area contributed by atoms with Crippen molar-refractivity contribution in [2.24, 2.45) is 5.41 Å². The first-order valence-electron chi connectivity index (χ1n) is 14.4. The molecule has 1 aromatic carbocycles. The molecule has 1 saturated heterocycles. The van der Waals surface area contributed by atoms with E-state index in [-0.39, 0.29) is 32.2 Å². The summed E-state index contributed by atoms with van der Waals surface area (Å²) in [5.74, 6) is -3.99. The molecule has 4 amide bonds. The molecule has 1 saturated carbocycles. The van der Waals surface area contributed by atoms with Gasteiger partial charge in [0, 0.05) is 13.0 Å². The van der Waals surface area contributed by atoms with Crippen LogP contribution in [0.15, 0.2) is 29.8 Å². The summed E-state index contributed by atoms with van der Waals surface area (Å²) in [4.78, 5) is 70.0. The van der Waals surface area contributed by atoms with E-state index in [0.29, 0.717) is 5.56 Å². The zero-order valence-corrected chi connectivity index (χ0v) is 25.9. The molecule has 2 aromatic rings. The maximum Gasteiger partial charge on any atom is 0.322 e. The Morgan fingerprint density at radius 3 is 2.34 bits per heavy atom. The Kier molecular flexibility index (Phi) is 9.74. The van der Waals surface area contributed by atoms with Gasteiger partial charge in [-0.05, 0) is 36.3 Å². The van der Waals surface area contributed by atoms with Crippen molar-refractivity contribution in [2.75, 3.05) is 13.1 Å². The summed E-state index contributed by atoms with van der Waals surface area (Å²) in [5, 5.41) is 27.1. The number of rotatable bonds is 11. The van der Waals surface area contributed by atoms with Crippen LogP contribution in [0.4, 0.5) is 4.39 Å². The van der Waals surface area contributed by atoms with Gasteiger partial charge in [-0.15, -0.1) is 11.3 Å². The first-order valence-corrected chi connectivity index (χ1v) is 15.2. The number of aromatic nitrogens is 1. The highest BCUT2D eigenvalue weighted by Gasteiger charge is 2.53. The summed E-state index contributed by atoms with van der Waals surface area (Å²) < 4.78 is 14.5. The molecule has 44 heavy (non-hydrogen) atoms. The van der Waals surface area contributed by atoms with Gasteiger partial charge in [0.2, 0.25) is 17.7 Å². The molecule has 1 aliphatic heterocycles. The minimum Gasteiger partial charge on any atom is -0.480 e. The summed E-state index contributed by atoms with van der Waals surface area (Å²) in [6, 6.07) is 3.94. The molecule has 4 atom stereocenters. The number of carboxylic acids is 1. The van der Waals surface area contributed by atoms with Crippen LogP contribution in [0.1, 0.15) is 63.8 Å². The molecule has 2 fully saturated rings. The van der Waals surface area contributed by atoms with Crippen LogP contribution in [0, 0.1) is 12.3 Å². The predicted molar refractivity (Wildman–Crippen MR) is 159 cm³/mol. The number of amides is 4. The molecule has 2 aliphatic rings. The largest absolute Gasteiger partial charge is 0.480 e. The van der Waals surface area contributed by atoms with Crippen LogP contribution in [-0.2, 0) is 24.0 Å². The van der Waals surface area contributed by atoms with Crippen molar-refractivity contribution in [1.82, 2.24) is 25.8 Å². The number of carbonyl (C=O) groups excluding carboxylic acids is 4. The number of aliphatic carboxylic acids is 1. The van der Waals surface area contributed by atoms with Gasteiger partial charge in [-0.25, -0.2) is 9.37 Å². The average Bonchev–Trinajstić information content (AvgIpc) is 3.36. The van der Waals surface area contributed by atoms with Crippen molar-refractivity contribution in [3.05, 3.63) is 41.0 Å². The SMILES string of the molecule is Cc1ncsc1-c1ccc(C(CC(=O)NCC(=O)O)NC(=O)[C@@H]2C[C@@H](O)CN2C(=O)[C@@H](NC(=O)C2(F)CC2)C(C)(C)C)cc1. The van der Waals surface area contributed by atoms with Crippen LogP contribution in [0.5, 0.6) is 0 Å². The number of nitrogens with zero attached hydrogens (tertiary/aromatic N) is 2. The summed E-state index contributed by atoms with van der Waals surface area (Å²) in [5.41, 5.74) is 1.19. The van der Waals surface area contributed by atoms with Crippen molar-refractivity contribution in [1.29, 1.82) is 0 Å². The molecule has 12 nitrogen and oxygen atoms in total. The van der Waals surface area contributed by atoms with Crippen LogP contribution in [0.3, 0.4) is 0 Å². The fourth-order valence-corrected chi connectivity index (χ4v) is 5.93. The number of β-amino-alcohol motifs (C(OH)–C–C–N with tert-alkyl or cyclic N) is 1. The summed E-state index contributed by atoms with van der Waals surface area (Å²) in [7, 11) is 0. The second-order valence-corrected chi connectivity index (χ2v) is 13.3. The molecule has 0 bridgehead atoms. The number of aliphatic hydroxyl groups excluding tert-OH is 1. The molecule has 1 unspecified atom stereocenters. The van der Waals surface area contributed by atoms with E-state index in [4.69, 9.17) is 5.11 Å². The molecule has 4 rings (SSSR count). The van der Waals surface area contributed by atoms with Gasteiger partial charge in [0.05, 0.1) is 34.6 Å². The molecule has 1 aliphatic carbocycles. The molecular formula is C30H38FN5O7S. The third-order valence-corrected chi connectivity index (χ3v) is 8.79. The Morgan fingerprint density at radius 2 is 1.80 bits per heavy atom. The number of carbonyl (C=O) groups is 5. The van der Waals surface area contributed by atoms with Crippen LogP contribution in [-0.4, -0.2) is 86.6 Å². The van der Waals surface area contributed by atoms with E-state index in [1.807, 2.05) is 19.1 Å². The zero-order valence-electron chi connectivity index (χ0n) is 25.1. The van der Waals surface area contributed by atoms with E-state index >= 15 is 0 Å². The maximum atomic E-state index is 14.5. The lowest BCUT2D eigenvalue weighted by molar-refractivity contribution is -0.145. The summed E-state index contributed by atoms with van der Waals surface area (Å²) >= 11 is 1.47. The molecule has 14 heteroatoms. The molecular weight excluding hydrogens is 593 g/mol. The number of alkyl halides is 1. The number of hydrogen-bond acceptors (Lipinski definition) is 8. The van der Waals surface area contributed by atoms with Crippen LogP contribution >= 0.6 is 11.3 Å². The first kappa shape index (κ1) is 33.0. The Balaban J connectivity index is 1.56. The van der Waals surface area contributed by atoms with E-state index in [1.165, 1.54) is 16.2 Å². The predicted octanol–water partition coefficient (Wildman–Crippen LogP) is 1.86. The lowest BCUT2D eigenvalue weighted by atomic mass is 9.85. The highest BCUT2D eigenvalue weighted by molar-refractivity contribution is 7.13. The first-order chi connectivity index (χ1) is 20.6.